The number of pyridine rings is 1. The smallest absolute Gasteiger partial charge is 0.264 e. The Morgan fingerprint density at radius 3 is 2.76 bits per heavy atom. The number of hydrogen-bond donors (Lipinski definition) is 0. The van der Waals surface area contributed by atoms with Crippen LogP contribution in [0.5, 0.6) is 0 Å². The van der Waals surface area contributed by atoms with Crippen LogP contribution < -0.4 is 0 Å². The second kappa shape index (κ2) is 5.02. The van der Waals surface area contributed by atoms with Crippen molar-refractivity contribution in [2.45, 2.75) is 0 Å². The lowest BCUT2D eigenvalue weighted by molar-refractivity contribution is -0.383. The monoisotopic (exact) mass is 275 g/mol. The molecule has 0 saturated heterocycles. The van der Waals surface area contributed by atoms with Crippen molar-refractivity contribution in [2.75, 3.05) is 0 Å². The van der Waals surface area contributed by atoms with Crippen molar-refractivity contribution in [1.29, 1.82) is 5.26 Å². The molecule has 0 N–H and O–H groups in total. The van der Waals surface area contributed by atoms with Crippen LogP contribution in [0.1, 0.15) is 5.56 Å². The van der Waals surface area contributed by atoms with E-state index in [1.165, 1.54) is 12.3 Å². The Labute approximate surface area is 120 Å². The number of nitriles is 1. The number of rotatable bonds is 2. The van der Waals surface area contributed by atoms with Crippen molar-refractivity contribution in [3.8, 4) is 17.2 Å². The van der Waals surface area contributed by atoms with Crippen LogP contribution in [0.2, 0.25) is 0 Å². The molecule has 0 radical (unpaired) electrons. The fourth-order valence-electron chi connectivity index (χ4n) is 2.34. The highest BCUT2D eigenvalue weighted by molar-refractivity contribution is 6.01. The van der Waals surface area contributed by atoms with Crippen LogP contribution in [0.4, 0.5) is 5.69 Å². The van der Waals surface area contributed by atoms with Gasteiger partial charge in [0.25, 0.3) is 5.69 Å². The highest BCUT2D eigenvalue weighted by Crippen LogP contribution is 2.33. The fraction of sp³-hybridized carbons (Fsp3) is 0. The molecule has 0 bridgehead atoms. The van der Waals surface area contributed by atoms with Crippen LogP contribution in [0, 0.1) is 21.4 Å². The maximum atomic E-state index is 11.1. The Kier molecular flexibility index (Phi) is 3.05. The third-order valence-electron chi connectivity index (χ3n) is 3.29. The van der Waals surface area contributed by atoms with Crippen LogP contribution in [0.15, 0.2) is 54.9 Å². The van der Waals surface area contributed by atoms with E-state index >= 15 is 0 Å². The van der Waals surface area contributed by atoms with Gasteiger partial charge in [-0.05, 0) is 35.4 Å². The summed E-state index contributed by atoms with van der Waals surface area (Å²) in [5.74, 6) is 0. The molecular formula is C16H9N3O2. The summed E-state index contributed by atoms with van der Waals surface area (Å²) in [5, 5.41) is 21.3. The molecule has 21 heavy (non-hydrogen) atoms. The molecule has 0 spiro atoms. The molecule has 0 fully saturated rings. The largest absolute Gasteiger partial charge is 0.277 e. The van der Waals surface area contributed by atoms with Crippen molar-refractivity contribution in [3.63, 3.8) is 0 Å². The number of nitro benzene ring substituents is 1. The Hall–Kier alpha value is -3.26. The zero-order valence-electron chi connectivity index (χ0n) is 10.9. The van der Waals surface area contributed by atoms with Crippen molar-refractivity contribution >= 4 is 16.5 Å². The van der Waals surface area contributed by atoms with E-state index in [0.717, 1.165) is 11.1 Å². The summed E-state index contributed by atoms with van der Waals surface area (Å²) < 4.78 is 0. The van der Waals surface area contributed by atoms with Crippen molar-refractivity contribution in [1.82, 2.24) is 4.98 Å². The van der Waals surface area contributed by atoms with Gasteiger partial charge in [-0.15, -0.1) is 0 Å². The van der Waals surface area contributed by atoms with Crippen molar-refractivity contribution in [2.24, 2.45) is 0 Å². The van der Waals surface area contributed by atoms with Gasteiger partial charge in [-0.25, -0.2) is 0 Å². The third-order valence-corrected chi connectivity index (χ3v) is 3.29. The van der Waals surface area contributed by atoms with E-state index in [0.29, 0.717) is 16.3 Å². The molecule has 0 amide bonds. The Balaban J connectivity index is 2.32. The van der Waals surface area contributed by atoms with Gasteiger partial charge in [0.2, 0.25) is 0 Å². The number of non-ortho nitro benzene ring substituents is 1. The van der Waals surface area contributed by atoms with Gasteiger partial charge >= 0.3 is 0 Å². The first-order valence-corrected chi connectivity index (χ1v) is 6.22. The van der Waals surface area contributed by atoms with Gasteiger partial charge in [-0.3, -0.25) is 15.1 Å². The number of nitrogens with zero attached hydrogens (tertiary/aromatic N) is 3. The molecule has 1 aromatic heterocycles. The summed E-state index contributed by atoms with van der Waals surface area (Å²) in [7, 11) is 0. The second-order valence-electron chi connectivity index (χ2n) is 4.50. The van der Waals surface area contributed by atoms with Crippen LogP contribution in [0.3, 0.4) is 0 Å². The van der Waals surface area contributed by atoms with Gasteiger partial charge in [-0.1, -0.05) is 12.1 Å². The minimum absolute atomic E-state index is 0.0487. The number of hydrogen-bond acceptors (Lipinski definition) is 4. The highest BCUT2D eigenvalue weighted by Gasteiger charge is 2.15. The fourth-order valence-corrected chi connectivity index (χ4v) is 2.34. The molecule has 5 heteroatoms. The van der Waals surface area contributed by atoms with E-state index in [1.54, 1.807) is 36.5 Å². The van der Waals surface area contributed by atoms with E-state index in [2.05, 4.69) is 11.1 Å². The van der Waals surface area contributed by atoms with Crippen LogP contribution in [-0.2, 0) is 0 Å². The Morgan fingerprint density at radius 1 is 1.14 bits per heavy atom. The van der Waals surface area contributed by atoms with Gasteiger partial charge in [-0.2, -0.15) is 5.26 Å². The first kappa shape index (κ1) is 12.8. The number of aromatic nitrogens is 1. The molecule has 0 aliphatic carbocycles. The van der Waals surface area contributed by atoms with Crippen LogP contribution in [-0.4, -0.2) is 9.91 Å². The number of benzene rings is 2. The molecule has 3 rings (SSSR count). The maximum absolute atomic E-state index is 11.1. The van der Waals surface area contributed by atoms with E-state index in [1.807, 2.05) is 6.07 Å². The quantitative estimate of drug-likeness (QED) is 0.527. The van der Waals surface area contributed by atoms with E-state index in [9.17, 15) is 10.1 Å². The summed E-state index contributed by atoms with van der Waals surface area (Å²) >= 11 is 0. The zero-order valence-corrected chi connectivity index (χ0v) is 10.9. The summed E-state index contributed by atoms with van der Waals surface area (Å²) in [6.45, 7) is 0. The molecule has 100 valence electrons. The molecule has 0 unspecified atom stereocenters. The SMILES string of the molecule is N#Cc1cccc(-c2ccc([N+](=O)[O-])c3ccncc23)c1. The summed E-state index contributed by atoms with van der Waals surface area (Å²) in [5.41, 5.74) is 2.25. The molecule has 1 heterocycles. The standard InChI is InChI=1S/C16H9N3O2/c17-9-11-2-1-3-12(8-11)13-4-5-16(19(20)21)14-6-7-18-10-15(13)14/h1-8,10H. The van der Waals surface area contributed by atoms with Gasteiger partial charge in [0.1, 0.15) is 0 Å². The molecule has 0 aliphatic rings. The Bertz CT molecular complexity index is 897. The van der Waals surface area contributed by atoms with Crippen molar-refractivity contribution in [3.05, 3.63) is 70.5 Å². The second-order valence-corrected chi connectivity index (χ2v) is 4.50. The number of fused-ring (bicyclic) bond motifs is 1. The van der Waals surface area contributed by atoms with Crippen LogP contribution >= 0.6 is 0 Å². The summed E-state index contributed by atoms with van der Waals surface area (Å²) in [6.07, 6.45) is 3.14. The average Bonchev–Trinajstić information content (AvgIpc) is 2.53. The molecule has 2 aromatic carbocycles. The lowest BCUT2D eigenvalue weighted by Gasteiger charge is -2.07. The van der Waals surface area contributed by atoms with Crippen molar-refractivity contribution < 1.29 is 4.92 Å². The molecule has 0 aliphatic heterocycles. The lowest BCUT2D eigenvalue weighted by Crippen LogP contribution is -1.92. The molecule has 0 atom stereocenters. The van der Waals surface area contributed by atoms with Crippen LogP contribution in [0.25, 0.3) is 21.9 Å². The molecule has 5 nitrogen and oxygen atoms in total. The van der Waals surface area contributed by atoms with Gasteiger partial charge in [0, 0.05) is 23.8 Å². The first-order valence-electron chi connectivity index (χ1n) is 6.22. The number of nitro groups is 1. The summed E-state index contributed by atoms with van der Waals surface area (Å²) in [4.78, 5) is 14.8. The first-order chi connectivity index (χ1) is 10.2. The minimum Gasteiger partial charge on any atom is -0.264 e. The topological polar surface area (TPSA) is 79.8 Å². The molecule has 0 saturated carbocycles. The average molecular weight is 275 g/mol. The minimum atomic E-state index is -0.405. The molecule has 3 aromatic rings. The third kappa shape index (κ3) is 2.19. The van der Waals surface area contributed by atoms with E-state index in [-0.39, 0.29) is 5.69 Å². The zero-order chi connectivity index (χ0) is 14.8. The molecular weight excluding hydrogens is 266 g/mol. The lowest BCUT2D eigenvalue weighted by atomic mass is 9.97. The van der Waals surface area contributed by atoms with E-state index in [4.69, 9.17) is 5.26 Å². The Morgan fingerprint density at radius 2 is 2.00 bits per heavy atom. The van der Waals surface area contributed by atoms with Gasteiger partial charge in [0.05, 0.1) is 21.9 Å². The van der Waals surface area contributed by atoms with E-state index < -0.39 is 4.92 Å². The normalized spacial score (nSPS) is 10.2. The highest BCUT2D eigenvalue weighted by atomic mass is 16.6. The van der Waals surface area contributed by atoms with Gasteiger partial charge in [0.15, 0.2) is 0 Å². The predicted molar refractivity (Wildman–Crippen MR) is 78.5 cm³/mol. The maximum Gasteiger partial charge on any atom is 0.277 e. The van der Waals surface area contributed by atoms with Gasteiger partial charge < -0.3 is 0 Å². The predicted octanol–water partition coefficient (Wildman–Crippen LogP) is 3.68. The summed E-state index contributed by atoms with van der Waals surface area (Å²) in [6, 6.07) is 14.0.